The van der Waals surface area contributed by atoms with Gasteiger partial charge in [-0.3, -0.25) is 4.99 Å². The quantitative estimate of drug-likeness (QED) is 0.197. The van der Waals surface area contributed by atoms with Crippen molar-refractivity contribution in [3.05, 3.63) is 94.0 Å². The molecule has 3 aromatic rings. The zero-order valence-corrected chi connectivity index (χ0v) is 21.2. The van der Waals surface area contributed by atoms with Crippen molar-refractivity contribution in [2.45, 2.75) is 25.3 Å². The fraction of sp³-hybridized carbons (Fsp3) is 0.233. The second kappa shape index (κ2) is 10.4. The maximum absolute atomic E-state index is 5.75. The average molecular weight is 527 g/mol. The van der Waals surface area contributed by atoms with Crippen LogP contribution in [0.1, 0.15) is 42.0 Å². The van der Waals surface area contributed by atoms with Crippen LogP contribution in [-0.4, -0.2) is 19.4 Å². The Morgan fingerprint density at radius 3 is 2.77 bits per heavy atom. The fourth-order valence-corrected chi connectivity index (χ4v) is 5.54. The minimum atomic E-state index is 0.178. The molecule has 35 heavy (non-hydrogen) atoms. The number of nitrogens with zero attached hydrogens (tertiary/aromatic N) is 1. The van der Waals surface area contributed by atoms with Gasteiger partial charge >= 0.3 is 0 Å². The lowest BCUT2D eigenvalue weighted by atomic mass is 9.77. The second-order valence-electron chi connectivity index (χ2n) is 8.67. The molecule has 0 amide bonds. The van der Waals surface area contributed by atoms with E-state index in [0.717, 1.165) is 22.1 Å². The first kappa shape index (κ1) is 23.3. The van der Waals surface area contributed by atoms with Gasteiger partial charge in [0.15, 0.2) is 11.5 Å². The van der Waals surface area contributed by atoms with Crippen LogP contribution in [0.25, 0.3) is 0 Å². The molecule has 2 aliphatic rings. The van der Waals surface area contributed by atoms with Crippen LogP contribution in [-0.2, 0) is 0 Å². The molecule has 0 bridgehead atoms. The first-order chi connectivity index (χ1) is 17.2. The standard InChI is InChI=1S/C30H27BrN2O2/c1-3-16-35-30-26(31)17-20(18-28(30)34-4-2)19-32-22-14-12-21(13-15-22)29-25-10-7-9-23(25)24-8-5-6-11-27(24)33-29/h1,5-9,11-15,17-19,23,25,29,33H,4,10,16H2,2H3/t23-,25-,29-/m0/s1. The third-order valence-electron chi connectivity index (χ3n) is 6.52. The van der Waals surface area contributed by atoms with Crippen molar-refractivity contribution in [3.8, 4) is 23.8 Å². The Bertz CT molecular complexity index is 1310. The Balaban J connectivity index is 1.35. The van der Waals surface area contributed by atoms with Crippen LogP contribution in [0.15, 0.2) is 82.3 Å². The lowest BCUT2D eigenvalue weighted by Crippen LogP contribution is -2.28. The van der Waals surface area contributed by atoms with Crippen molar-refractivity contribution in [1.82, 2.24) is 0 Å². The normalized spacial score (nSPS) is 20.1. The number of ether oxygens (including phenoxy) is 2. The van der Waals surface area contributed by atoms with Crippen LogP contribution in [0.3, 0.4) is 0 Å². The molecule has 1 heterocycles. The number of hydrogen-bond donors (Lipinski definition) is 1. The zero-order valence-electron chi connectivity index (χ0n) is 19.6. The van der Waals surface area contributed by atoms with E-state index in [-0.39, 0.29) is 12.6 Å². The predicted octanol–water partition coefficient (Wildman–Crippen LogP) is 7.44. The van der Waals surface area contributed by atoms with Crippen molar-refractivity contribution >= 4 is 33.5 Å². The second-order valence-corrected chi connectivity index (χ2v) is 9.52. The highest BCUT2D eigenvalue weighted by molar-refractivity contribution is 9.10. The predicted molar refractivity (Wildman–Crippen MR) is 146 cm³/mol. The van der Waals surface area contributed by atoms with Crippen LogP contribution in [0.2, 0.25) is 0 Å². The zero-order chi connectivity index (χ0) is 24.2. The van der Waals surface area contributed by atoms with Crippen molar-refractivity contribution in [2.75, 3.05) is 18.5 Å². The molecule has 0 radical (unpaired) electrons. The van der Waals surface area contributed by atoms with E-state index in [2.05, 4.69) is 87.9 Å². The minimum Gasteiger partial charge on any atom is -0.490 e. The van der Waals surface area contributed by atoms with E-state index in [4.69, 9.17) is 20.9 Å². The molecule has 0 fully saturated rings. The topological polar surface area (TPSA) is 42.8 Å². The Hall–Kier alpha value is -3.49. The maximum Gasteiger partial charge on any atom is 0.176 e. The number of allylic oxidation sites excluding steroid dienone is 2. The molecule has 4 nitrogen and oxygen atoms in total. The van der Waals surface area contributed by atoms with Crippen LogP contribution in [0.5, 0.6) is 11.5 Å². The van der Waals surface area contributed by atoms with Gasteiger partial charge in [-0.1, -0.05) is 48.4 Å². The molecular formula is C30H27BrN2O2. The Morgan fingerprint density at radius 1 is 1.14 bits per heavy atom. The van der Waals surface area contributed by atoms with Gasteiger partial charge in [-0.15, -0.1) is 6.42 Å². The highest BCUT2D eigenvalue weighted by Crippen LogP contribution is 2.49. The first-order valence-electron chi connectivity index (χ1n) is 11.9. The Morgan fingerprint density at radius 2 is 1.97 bits per heavy atom. The fourth-order valence-electron chi connectivity index (χ4n) is 4.97. The molecule has 5 rings (SSSR count). The summed E-state index contributed by atoms with van der Waals surface area (Å²) >= 11 is 3.56. The number of para-hydroxylation sites is 1. The summed E-state index contributed by atoms with van der Waals surface area (Å²) in [7, 11) is 0. The summed E-state index contributed by atoms with van der Waals surface area (Å²) in [5.41, 5.74) is 5.72. The van der Waals surface area contributed by atoms with Gasteiger partial charge in [0.25, 0.3) is 0 Å². The molecule has 1 aliphatic heterocycles. The number of halogens is 1. The first-order valence-corrected chi connectivity index (χ1v) is 12.7. The lowest BCUT2D eigenvalue weighted by Gasteiger charge is -2.37. The molecule has 0 spiro atoms. The molecule has 0 aromatic heterocycles. The van der Waals surface area contributed by atoms with Gasteiger partial charge in [-0.2, -0.15) is 0 Å². The third kappa shape index (κ3) is 4.85. The number of terminal acetylenes is 1. The van der Waals surface area contributed by atoms with E-state index in [9.17, 15) is 0 Å². The molecule has 1 N–H and O–H groups in total. The number of benzene rings is 3. The minimum absolute atomic E-state index is 0.178. The Labute approximate surface area is 215 Å². The summed E-state index contributed by atoms with van der Waals surface area (Å²) in [5.74, 6) is 4.73. The maximum atomic E-state index is 5.75. The van der Waals surface area contributed by atoms with Gasteiger partial charge in [0, 0.05) is 17.8 Å². The Kier molecular flexibility index (Phi) is 6.92. The summed E-state index contributed by atoms with van der Waals surface area (Å²) in [6, 6.07) is 21.3. The SMILES string of the molecule is C#CCOc1c(Br)cc(C=Nc2ccc([C@@H]3Nc4ccccc4[C@@H]4C=CC[C@@H]43)cc2)cc1OCC. The van der Waals surface area contributed by atoms with E-state index in [1.807, 2.05) is 25.3 Å². The molecular weight excluding hydrogens is 500 g/mol. The van der Waals surface area contributed by atoms with Gasteiger partial charge < -0.3 is 14.8 Å². The summed E-state index contributed by atoms with van der Waals surface area (Å²) in [6.07, 6.45) is 13.0. The van der Waals surface area contributed by atoms with E-state index >= 15 is 0 Å². The third-order valence-corrected chi connectivity index (χ3v) is 7.11. The monoisotopic (exact) mass is 526 g/mol. The van der Waals surface area contributed by atoms with Crippen molar-refractivity contribution in [2.24, 2.45) is 10.9 Å². The summed E-state index contributed by atoms with van der Waals surface area (Å²) < 4.78 is 12.2. The highest BCUT2D eigenvalue weighted by atomic mass is 79.9. The van der Waals surface area contributed by atoms with Gasteiger partial charge in [-0.05, 0) is 82.2 Å². The number of rotatable bonds is 7. The van der Waals surface area contributed by atoms with Crippen molar-refractivity contribution in [1.29, 1.82) is 0 Å². The number of nitrogens with one attached hydrogen (secondary N) is 1. The molecule has 0 saturated carbocycles. The summed E-state index contributed by atoms with van der Waals surface area (Å²) in [6.45, 7) is 2.64. The van der Waals surface area contributed by atoms with E-state index in [1.54, 1.807) is 0 Å². The lowest BCUT2D eigenvalue weighted by molar-refractivity contribution is 0.298. The molecule has 3 atom stereocenters. The van der Waals surface area contributed by atoms with E-state index in [1.165, 1.54) is 16.8 Å². The molecule has 0 unspecified atom stereocenters. The number of anilines is 1. The summed E-state index contributed by atoms with van der Waals surface area (Å²) in [4.78, 5) is 4.69. The molecule has 0 saturated heterocycles. The average Bonchev–Trinajstić information content (AvgIpc) is 3.38. The number of fused-ring (bicyclic) bond motifs is 3. The molecule has 5 heteroatoms. The molecule has 176 valence electrons. The van der Waals surface area contributed by atoms with Crippen LogP contribution < -0.4 is 14.8 Å². The van der Waals surface area contributed by atoms with Gasteiger partial charge in [0.1, 0.15) is 6.61 Å². The van der Waals surface area contributed by atoms with Gasteiger partial charge in [0.05, 0.1) is 22.8 Å². The highest BCUT2D eigenvalue weighted by Gasteiger charge is 2.37. The van der Waals surface area contributed by atoms with E-state index in [0.29, 0.717) is 29.9 Å². The number of hydrogen-bond acceptors (Lipinski definition) is 4. The van der Waals surface area contributed by atoms with E-state index < -0.39 is 0 Å². The van der Waals surface area contributed by atoms with Gasteiger partial charge in [-0.25, -0.2) is 0 Å². The largest absolute Gasteiger partial charge is 0.490 e. The van der Waals surface area contributed by atoms with Crippen LogP contribution >= 0.6 is 15.9 Å². The smallest absolute Gasteiger partial charge is 0.176 e. The van der Waals surface area contributed by atoms with Crippen molar-refractivity contribution in [3.63, 3.8) is 0 Å². The van der Waals surface area contributed by atoms with Crippen LogP contribution in [0, 0.1) is 18.3 Å². The molecule has 1 aliphatic carbocycles. The molecule has 3 aromatic carbocycles. The van der Waals surface area contributed by atoms with Crippen molar-refractivity contribution < 1.29 is 9.47 Å². The van der Waals surface area contributed by atoms with Crippen LogP contribution in [0.4, 0.5) is 11.4 Å². The van der Waals surface area contributed by atoms with Gasteiger partial charge in [0.2, 0.25) is 0 Å². The number of aliphatic imine (C=N–C) groups is 1. The summed E-state index contributed by atoms with van der Waals surface area (Å²) in [5, 5.41) is 3.78.